The molecule has 0 spiro atoms. The van der Waals surface area contributed by atoms with E-state index in [0.29, 0.717) is 18.8 Å². The second kappa shape index (κ2) is 4.70. The van der Waals surface area contributed by atoms with Crippen molar-refractivity contribution in [3.63, 3.8) is 0 Å². The summed E-state index contributed by atoms with van der Waals surface area (Å²) in [6, 6.07) is 0. The normalized spacial score (nSPS) is 35.2. The van der Waals surface area contributed by atoms with Crippen molar-refractivity contribution in [2.24, 2.45) is 5.92 Å². The van der Waals surface area contributed by atoms with Crippen molar-refractivity contribution in [1.82, 2.24) is 0 Å². The SMILES string of the molecule is CC1CCC(O)C(OC(C)C(F)(F)F)C1. The molecule has 15 heavy (non-hydrogen) atoms. The molecule has 4 atom stereocenters. The number of aliphatic hydroxyl groups excluding tert-OH is 1. The molecule has 0 heterocycles. The summed E-state index contributed by atoms with van der Waals surface area (Å²) >= 11 is 0. The predicted octanol–water partition coefficient (Wildman–Crippen LogP) is 2.50. The molecule has 0 amide bonds. The molecule has 1 fully saturated rings. The molecule has 90 valence electrons. The van der Waals surface area contributed by atoms with Crippen molar-refractivity contribution in [2.45, 2.75) is 57.6 Å². The minimum atomic E-state index is -4.35. The molecule has 5 heteroatoms. The van der Waals surface area contributed by atoms with E-state index in [1.807, 2.05) is 6.92 Å². The average molecular weight is 226 g/mol. The van der Waals surface area contributed by atoms with Crippen LogP contribution < -0.4 is 0 Å². The molecule has 4 unspecified atom stereocenters. The molecule has 1 N–H and O–H groups in total. The molecule has 0 radical (unpaired) electrons. The minimum Gasteiger partial charge on any atom is -0.390 e. The molecule has 0 aromatic heterocycles. The fourth-order valence-corrected chi connectivity index (χ4v) is 1.80. The Hall–Kier alpha value is -0.290. The van der Waals surface area contributed by atoms with Crippen LogP contribution in [0, 0.1) is 5.92 Å². The number of ether oxygens (including phenoxy) is 1. The molecule has 0 aliphatic heterocycles. The molecular formula is C10H17F3O2. The first kappa shape index (κ1) is 12.8. The van der Waals surface area contributed by atoms with Crippen LogP contribution in [0.5, 0.6) is 0 Å². The van der Waals surface area contributed by atoms with Crippen molar-refractivity contribution in [3.05, 3.63) is 0 Å². The lowest BCUT2D eigenvalue weighted by atomic mass is 9.86. The summed E-state index contributed by atoms with van der Waals surface area (Å²) in [5, 5.41) is 9.51. The molecular weight excluding hydrogens is 209 g/mol. The van der Waals surface area contributed by atoms with Gasteiger partial charge in [0.05, 0.1) is 12.2 Å². The molecule has 1 aliphatic rings. The maximum atomic E-state index is 12.2. The average Bonchev–Trinajstić information content (AvgIpc) is 2.09. The zero-order valence-corrected chi connectivity index (χ0v) is 8.92. The fourth-order valence-electron chi connectivity index (χ4n) is 1.80. The monoisotopic (exact) mass is 226 g/mol. The van der Waals surface area contributed by atoms with E-state index in [1.165, 1.54) is 0 Å². The number of alkyl halides is 3. The summed E-state index contributed by atoms with van der Waals surface area (Å²) in [5.41, 5.74) is 0. The van der Waals surface area contributed by atoms with E-state index in [2.05, 4.69) is 0 Å². The Morgan fingerprint density at radius 1 is 1.33 bits per heavy atom. The van der Waals surface area contributed by atoms with Crippen LogP contribution in [-0.4, -0.2) is 29.6 Å². The molecule has 0 aromatic carbocycles. The van der Waals surface area contributed by atoms with E-state index in [1.54, 1.807) is 0 Å². The number of halogens is 3. The summed E-state index contributed by atoms with van der Waals surface area (Å²) < 4.78 is 41.5. The van der Waals surface area contributed by atoms with Crippen LogP contribution in [-0.2, 0) is 4.74 Å². The number of hydrogen-bond donors (Lipinski definition) is 1. The first-order valence-corrected chi connectivity index (χ1v) is 5.21. The van der Waals surface area contributed by atoms with Gasteiger partial charge in [0.15, 0.2) is 6.10 Å². The van der Waals surface area contributed by atoms with Crippen LogP contribution in [0.15, 0.2) is 0 Å². The number of rotatable bonds is 2. The molecule has 1 rings (SSSR count). The molecule has 0 bridgehead atoms. The quantitative estimate of drug-likeness (QED) is 0.784. The van der Waals surface area contributed by atoms with Crippen molar-refractivity contribution in [3.8, 4) is 0 Å². The van der Waals surface area contributed by atoms with Crippen LogP contribution in [0.3, 0.4) is 0 Å². The van der Waals surface area contributed by atoms with Gasteiger partial charge < -0.3 is 9.84 Å². The van der Waals surface area contributed by atoms with Gasteiger partial charge in [0.1, 0.15) is 0 Å². The zero-order valence-electron chi connectivity index (χ0n) is 8.92. The largest absolute Gasteiger partial charge is 0.414 e. The van der Waals surface area contributed by atoms with Gasteiger partial charge in [0, 0.05) is 0 Å². The van der Waals surface area contributed by atoms with Crippen LogP contribution in [0.1, 0.15) is 33.1 Å². The standard InChI is InChI=1S/C10H17F3O2/c1-6-3-4-8(14)9(5-6)15-7(2)10(11,12)13/h6-9,14H,3-5H2,1-2H3. The smallest absolute Gasteiger partial charge is 0.390 e. The lowest BCUT2D eigenvalue weighted by Crippen LogP contribution is -2.41. The van der Waals surface area contributed by atoms with E-state index in [0.717, 1.165) is 13.3 Å². The van der Waals surface area contributed by atoms with Gasteiger partial charge in [-0.15, -0.1) is 0 Å². The highest BCUT2D eigenvalue weighted by Crippen LogP contribution is 2.30. The zero-order chi connectivity index (χ0) is 11.6. The maximum absolute atomic E-state index is 12.2. The van der Waals surface area contributed by atoms with Gasteiger partial charge in [-0.2, -0.15) is 13.2 Å². The van der Waals surface area contributed by atoms with Crippen LogP contribution in [0.2, 0.25) is 0 Å². The van der Waals surface area contributed by atoms with Gasteiger partial charge in [-0.05, 0) is 32.1 Å². The third-order valence-electron chi connectivity index (χ3n) is 2.86. The van der Waals surface area contributed by atoms with Crippen molar-refractivity contribution >= 4 is 0 Å². The Kier molecular flexibility index (Phi) is 4.00. The van der Waals surface area contributed by atoms with Gasteiger partial charge in [-0.25, -0.2) is 0 Å². The number of aliphatic hydroxyl groups is 1. The van der Waals surface area contributed by atoms with Gasteiger partial charge in [0.2, 0.25) is 0 Å². The minimum absolute atomic E-state index is 0.318. The van der Waals surface area contributed by atoms with Gasteiger partial charge >= 0.3 is 6.18 Å². The summed E-state index contributed by atoms with van der Waals surface area (Å²) in [6.07, 6.45) is -5.71. The van der Waals surface area contributed by atoms with E-state index in [4.69, 9.17) is 4.74 Å². The van der Waals surface area contributed by atoms with Crippen LogP contribution >= 0.6 is 0 Å². The lowest BCUT2D eigenvalue weighted by Gasteiger charge is -2.33. The van der Waals surface area contributed by atoms with Gasteiger partial charge in [0.25, 0.3) is 0 Å². The first-order chi connectivity index (χ1) is 6.80. The van der Waals surface area contributed by atoms with Crippen LogP contribution in [0.4, 0.5) is 13.2 Å². The van der Waals surface area contributed by atoms with Crippen molar-refractivity contribution in [1.29, 1.82) is 0 Å². The Morgan fingerprint density at radius 2 is 1.93 bits per heavy atom. The van der Waals surface area contributed by atoms with Crippen molar-refractivity contribution in [2.75, 3.05) is 0 Å². The summed E-state index contributed by atoms with van der Waals surface area (Å²) in [6.45, 7) is 2.94. The first-order valence-electron chi connectivity index (χ1n) is 5.21. The second-order valence-corrected chi connectivity index (χ2v) is 4.34. The van der Waals surface area contributed by atoms with E-state index < -0.39 is 24.5 Å². The second-order valence-electron chi connectivity index (χ2n) is 4.34. The highest BCUT2D eigenvalue weighted by Gasteiger charge is 2.40. The molecule has 0 aromatic rings. The fraction of sp³-hybridized carbons (Fsp3) is 1.00. The van der Waals surface area contributed by atoms with E-state index in [-0.39, 0.29) is 0 Å². The highest BCUT2D eigenvalue weighted by molar-refractivity contribution is 4.80. The topological polar surface area (TPSA) is 29.5 Å². The Bertz CT molecular complexity index is 205. The van der Waals surface area contributed by atoms with Gasteiger partial charge in [-0.1, -0.05) is 6.92 Å². The Morgan fingerprint density at radius 3 is 2.47 bits per heavy atom. The van der Waals surface area contributed by atoms with E-state index >= 15 is 0 Å². The predicted molar refractivity (Wildman–Crippen MR) is 49.4 cm³/mol. The Balaban J connectivity index is 2.49. The summed E-state index contributed by atoms with van der Waals surface area (Å²) in [4.78, 5) is 0. The third-order valence-corrected chi connectivity index (χ3v) is 2.86. The number of hydrogen-bond acceptors (Lipinski definition) is 2. The lowest BCUT2D eigenvalue weighted by molar-refractivity contribution is -0.240. The van der Waals surface area contributed by atoms with Gasteiger partial charge in [-0.3, -0.25) is 0 Å². The van der Waals surface area contributed by atoms with Crippen molar-refractivity contribution < 1.29 is 23.0 Å². The van der Waals surface area contributed by atoms with E-state index in [9.17, 15) is 18.3 Å². The maximum Gasteiger partial charge on any atom is 0.414 e. The summed E-state index contributed by atoms with van der Waals surface area (Å²) in [7, 11) is 0. The molecule has 1 aliphatic carbocycles. The molecule has 2 nitrogen and oxygen atoms in total. The Labute approximate surface area is 87.4 Å². The van der Waals surface area contributed by atoms with Crippen LogP contribution in [0.25, 0.3) is 0 Å². The third kappa shape index (κ3) is 3.65. The highest BCUT2D eigenvalue weighted by atomic mass is 19.4. The summed E-state index contributed by atoms with van der Waals surface area (Å²) in [5.74, 6) is 0.318. The molecule has 0 saturated heterocycles. The molecule has 1 saturated carbocycles.